The minimum absolute atomic E-state index is 0.0296. The number of thiophene rings is 1. The fourth-order valence-corrected chi connectivity index (χ4v) is 5.36. The number of nitrogens with one attached hydrogen (secondary N) is 1. The fraction of sp³-hybridized carbons (Fsp3) is 0.440. The first kappa shape index (κ1) is 21.6. The maximum atomic E-state index is 12.9. The number of anilines is 2. The van der Waals surface area contributed by atoms with Crippen LogP contribution in [-0.2, 0) is 4.79 Å². The maximum Gasteiger partial charge on any atom is 0.224 e. The number of para-hydroxylation sites is 1. The topological polar surface area (TPSA) is 48.5 Å². The van der Waals surface area contributed by atoms with Crippen LogP contribution in [-0.4, -0.2) is 43.6 Å². The molecule has 0 spiro atoms. The molecule has 1 aliphatic rings. The first-order valence-electron chi connectivity index (χ1n) is 11.3. The third-order valence-electron chi connectivity index (χ3n) is 6.05. The predicted molar refractivity (Wildman–Crippen MR) is 131 cm³/mol. The molecule has 0 aliphatic carbocycles. The Hall–Kier alpha value is -2.60. The summed E-state index contributed by atoms with van der Waals surface area (Å²) in [7, 11) is 0. The van der Waals surface area contributed by atoms with E-state index in [0.29, 0.717) is 0 Å². The van der Waals surface area contributed by atoms with Gasteiger partial charge in [-0.1, -0.05) is 18.2 Å². The third kappa shape index (κ3) is 5.18. The van der Waals surface area contributed by atoms with E-state index in [1.54, 1.807) is 11.3 Å². The smallest absolute Gasteiger partial charge is 0.224 e. The SMILES string of the molecule is CCN(CCCNC(=O)C1CCCN(c2nccc3sc(C)cc23)C1)c1ccccc1. The molecular formula is C25H32N4OS. The molecule has 4 rings (SSSR count). The van der Waals surface area contributed by atoms with Crippen LogP contribution in [0.25, 0.3) is 10.1 Å². The van der Waals surface area contributed by atoms with Crippen molar-refractivity contribution in [3.05, 3.63) is 53.5 Å². The number of hydrogen-bond donors (Lipinski definition) is 1. The summed E-state index contributed by atoms with van der Waals surface area (Å²) in [4.78, 5) is 23.5. The number of fused-ring (bicyclic) bond motifs is 1. The average Bonchev–Trinajstić information content (AvgIpc) is 3.20. The van der Waals surface area contributed by atoms with Gasteiger partial charge in [0.05, 0.1) is 5.92 Å². The lowest BCUT2D eigenvalue weighted by atomic mass is 9.97. The van der Waals surface area contributed by atoms with Crippen LogP contribution in [0.5, 0.6) is 0 Å². The predicted octanol–water partition coefficient (Wildman–Crippen LogP) is 4.85. The van der Waals surface area contributed by atoms with Gasteiger partial charge < -0.3 is 15.1 Å². The molecule has 0 radical (unpaired) electrons. The van der Waals surface area contributed by atoms with Crippen molar-refractivity contribution in [2.24, 2.45) is 5.92 Å². The van der Waals surface area contributed by atoms with E-state index < -0.39 is 0 Å². The summed E-state index contributed by atoms with van der Waals surface area (Å²) in [5.41, 5.74) is 1.24. The van der Waals surface area contributed by atoms with Crippen molar-refractivity contribution in [3.8, 4) is 0 Å². The molecular weight excluding hydrogens is 404 g/mol. The lowest BCUT2D eigenvalue weighted by Gasteiger charge is -2.33. The van der Waals surface area contributed by atoms with E-state index >= 15 is 0 Å². The molecule has 1 fully saturated rings. The molecule has 164 valence electrons. The largest absolute Gasteiger partial charge is 0.372 e. The van der Waals surface area contributed by atoms with E-state index in [0.717, 1.165) is 57.8 Å². The highest BCUT2D eigenvalue weighted by atomic mass is 32.1. The Morgan fingerprint density at radius 1 is 1.29 bits per heavy atom. The number of nitrogens with zero attached hydrogens (tertiary/aromatic N) is 3. The zero-order valence-electron chi connectivity index (χ0n) is 18.5. The van der Waals surface area contributed by atoms with E-state index in [-0.39, 0.29) is 11.8 Å². The third-order valence-corrected chi connectivity index (χ3v) is 7.06. The number of piperidine rings is 1. The highest BCUT2D eigenvalue weighted by Crippen LogP contribution is 2.33. The molecule has 31 heavy (non-hydrogen) atoms. The van der Waals surface area contributed by atoms with Gasteiger partial charge >= 0.3 is 0 Å². The van der Waals surface area contributed by atoms with E-state index in [1.165, 1.54) is 20.7 Å². The van der Waals surface area contributed by atoms with Crippen molar-refractivity contribution in [1.29, 1.82) is 0 Å². The molecule has 0 bridgehead atoms. The van der Waals surface area contributed by atoms with E-state index in [4.69, 9.17) is 0 Å². The summed E-state index contributed by atoms with van der Waals surface area (Å²) in [5.74, 6) is 1.24. The van der Waals surface area contributed by atoms with Crippen molar-refractivity contribution >= 4 is 38.8 Å². The number of amides is 1. The van der Waals surface area contributed by atoms with Crippen LogP contribution < -0.4 is 15.1 Å². The Balaban J connectivity index is 1.30. The van der Waals surface area contributed by atoms with Crippen molar-refractivity contribution in [3.63, 3.8) is 0 Å². The van der Waals surface area contributed by atoms with Gasteiger partial charge in [-0.25, -0.2) is 4.98 Å². The quantitative estimate of drug-likeness (QED) is 0.513. The number of carbonyl (C=O) groups is 1. The number of aromatic nitrogens is 1. The molecule has 1 N–H and O–H groups in total. The van der Waals surface area contributed by atoms with Crippen molar-refractivity contribution in [1.82, 2.24) is 10.3 Å². The first-order chi connectivity index (χ1) is 15.2. The number of rotatable bonds is 8. The van der Waals surface area contributed by atoms with Gasteiger partial charge in [-0.05, 0) is 57.4 Å². The molecule has 0 saturated carbocycles. The molecule has 1 atom stereocenters. The summed E-state index contributed by atoms with van der Waals surface area (Å²) in [6.45, 7) is 8.66. The minimum atomic E-state index is 0.0296. The molecule has 1 aromatic carbocycles. The van der Waals surface area contributed by atoms with Crippen molar-refractivity contribution in [2.45, 2.75) is 33.1 Å². The fourth-order valence-electron chi connectivity index (χ4n) is 4.45. The second-order valence-corrected chi connectivity index (χ2v) is 9.54. The van der Waals surface area contributed by atoms with Crippen LogP contribution >= 0.6 is 11.3 Å². The Kier molecular flexibility index (Phi) is 7.07. The first-order valence-corrected chi connectivity index (χ1v) is 12.1. The van der Waals surface area contributed by atoms with E-state index in [2.05, 4.69) is 70.3 Å². The van der Waals surface area contributed by atoms with Crippen LogP contribution in [0.4, 0.5) is 11.5 Å². The Labute approximate surface area is 189 Å². The molecule has 1 amide bonds. The monoisotopic (exact) mass is 436 g/mol. The van der Waals surface area contributed by atoms with Crippen molar-refractivity contribution in [2.75, 3.05) is 42.5 Å². The number of aryl methyl sites for hydroxylation is 1. The van der Waals surface area contributed by atoms with Gasteiger partial charge in [0.25, 0.3) is 0 Å². The number of hydrogen-bond acceptors (Lipinski definition) is 5. The van der Waals surface area contributed by atoms with Gasteiger partial charge in [0, 0.05) is 59.6 Å². The summed E-state index contributed by atoms with van der Waals surface area (Å²) in [6.07, 6.45) is 4.81. The van der Waals surface area contributed by atoms with Gasteiger partial charge in [-0.15, -0.1) is 11.3 Å². The Morgan fingerprint density at radius 2 is 2.13 bits per heavy atom. The lowest BCUT2D eigenvalue weighted by Crippen LogP contribution is -2.44. The number of carbonyl (C=O) groups excluding carboxylic acids is 1. The van der Waals surface area contributed by atoms with E-state index in [1.807, 2.05) is 12.3 Å². The van der Waals surface area contributed by atoms with Crippen LogP contribution in [0.1, 0.15) is 31.1 Å². The normalized spacial score (nSPS) is 16.5. The van der Waals surface area contributed by atoms with Gasteiger partial charge in [-0.2, -0.15) is 0 Å². The second-order valence-electron chi connectivity index (χ2n) is 8.25. The molecule has 3 heterocycles. The van der Waals surface area contributed by atoms with Crippen LogP contribution in [0.15, 0.2) is 48.7 Å². The van der Waals surface area contributed by atoms with Crippen LogP contribution in [0, 0.1) is 12.8 Å². The van der Waals surface area contributed by atoms with Gasteiger partial charge in [0.15, 0.2) is 0 Å². The Morgan fingerprint density at radius 3 is 2.94 bits per heavy atom. The van der Waals surface area contributed by atoms with E-state index in [9.17, 15) is 4.79 Å². The van der Waals surface area contributed by atoms with Gasteiger partial charge in [0.1, 0.15) is 5.82 Å². The molecule has 6 heteroatoms. The van der Waals surface area contributed by atoms with Crippen molar-refractivity contribution < 1.29 is 4.79 Å². The number of pyridine rings is 1. The van der Waals surface area contributed by atoms with Crippen LogP contribution in [0.2, 0.25) is 0 Å². The van der Waals surface area contributed by atoms with Gasteiger partial charge in [-0.3, -0.25) is 4.79 Å². The molecule has 5 nitrogen and oxygen atoms in total. The summed E-state index contributed by atoms with van der Waals surface area (Å²) in [6, 6.07) is 14.8. The molecule has 3 aromatic rings. The molecule has 1 unspecified atom stereocenters. The summed E-state index contributed by atoms with van der Waals surface area (Å²) >= 11 is 1.80. The summed E-state index contributed by atoms with van der Waals surface area (Å²) in [5, 5.41) is 4.40. The highest BCUT2D eigenvalue weighted by molar-refractivity contribution is 7.19. The average molecular weight is 437 g/mol. The zero-order valence-corrected chi connectivity index (χ0v) is 19.3. The maximum absolute atomic E-state index is 12.9. The van der Waals surface area contributed by atoms with Gasteiger partial charge in [0.2, 0.25) is 5.91 Å². The summed E-state index contributed by atoms with van der Waals surface area (Å²) < 4.78 is 1.27. The molecule has 1 saturated heterocycles. The molecule has 1 aliphatic heterocycles. The van der Waals surface area contributed by atoms with Crippen LogP contribution in [0.3, 0.4) is 0 Å². The number of benzene rings is 1. The zero-order chi connectivity index (χ0) is 21.6. The second kappa shape index (κ2) is 10.1. The highest BCUT2D eigenvalue weighted by Gasteiger charge is 2.27. The standard InChI is InChI=1S/C25H32N4OS/c1-3-28(21-10-5-4-6-11-21)16-8-13-27-25(30)20-9-7-15-29(18-20)24-22-17-19(2)31-23(22)12-14-26-24/h4-6,10-12,14,17,20H,3,7-9,13,15-16,18H2,1-2H3,(H,27,30). The minimum Gasteiger partial charge on any atom is -0.372 e. The molecule has 2 aromatic heterocycles. The lowest BCUT2D eigenvalue weighted by molar-refractivity contribution is -0.125. The Bertz CT molecular complexity index is 1000.